The van der Waals surface area contributed by atoms with Crippen molar-refractivity contribution in [2.24, 2.45) is 4.99 Å². The number of nitrogens with one attached hydrogen (secondary N) is 4. The number of anilines is 2. The molecule has 2 aromatic rings. The van der Waals surface area contributed by atoms with E-state index in [0.717, 1.165) is 0 Å². The van der Waals surface area contributed by atoms with Crippen molar-refractivity contribution in [3.05, 3.63) is 70.5 Å². The highest BCUT2D eigenvalue weighted by Gasteiger charge is 2.41. The van der Waals surface area contributed by atoms with Crippen LogP contribution in [-0.2, 0) is 14.3 Å². The predicted molar refractivity (Wildman–Crippen MR) is 170 cm³/mol. The fourth-order valence-corrected chi connectivity index (χ4v) is 4.07. The largest absolute Gasteiger partial charge is 0.494 e. The molecule has 14 heteroatoms. The Hall–Kier alpha value is -5.01. The molecule has 2 aromatic carbocycles. The van der Waals surface area contributed by atoms with Gasteiger partial charge in [0.05, 0.1) is 30.9 Å². The lowest BCUT2D eigenvalue weighted by molar-refractivity contribution is -0.434. The summed E-state index contributed by atoms with van der Waals surface area (Å²) in [6.07, 6.45) is 2.23. The fourth-order valence-electron chi connectivity index (χ4n) is 4.07. The third kappa shape index (κ3) is 11.9. The van der Waals surface area contributed by atoms with Gasteiger partial charge in [-0.25, -0.2) is 9.79 Å². The van der Waals surface area contributed by atoms with Gasteiger partial charge in [-0.2, -0.15) is 0 Å². The van der Waals surface area contributed by atoms with Gasteiger partial charge in [-0.05, 0) is 96.0 Å². The van der Waals surface area contributed by atoms with E-state index in [-0.39, 0.29) is 18.1 Å². The van der Waals surface area contributed by atoms with Crippen LogP contribution in [0.15, 0.2) is 65.4 Å². The highest BCUT2D eigenvalue weighted by molar-refractivity contribution is 5.95. The molecule has 1 heterocycles. The van der Waals surface area contributed by atoms with Crippen LogP contribution in [0, 0.1) is 10.1 Å². The van der Waals surface area contributed by atoms with Crippen LogP contribution in [0.1, 0.15) is 53.9 Å². The first-order chi connectivity index (χ1) is 21.4. The molecule has 244 valence electrons. The molecule has 0 fully saturated rings. The van der Waals surface area contributed by atoms with Crippen molar-refractivity contribution < 1.29 is 33.5 Å². The van der Waals surface area contributed by atoms with Crippen molar-refractivity contribution in [1.29, 1.82) is 0 Å². The Labute approximate surface area is 262 Å². The SMILES string of the molecule is CCOC(=O)CCCOc1ccc(NC2(C)N=C(Nc3ccc(OCCCNC(=O)OC(C)(C)C)cc3)NC=C2[N+](=O)[O-])cc1. The fraction of sp³-hybridized carbons (Fsp3) is 0.452. The minimum atomic E-state index is -1.39. The molecule has 1 aliphatic heterocycles. The van der Waals surface area contributed by atoms with E-state index >= 15 is 0 Å². The van der Waals surface area contributed by atoms with E-state index in [2.05, 4.69) is 26.3 Å². The second-order valence-corrected chi connectivity index (χ2v) is 11.2. The first-order valence-electron chi connectivity index (χ1n) is 14.7. The van der Waals surface area contributed by atoms with Gasteiger partial charge in [0.1, 0.15) is 17.1 Å². The molecule has 0 saturated carbocycles. The Morgan fingerprint density at radius 2 is 1.58 bits per heavy atom. The van der Waals surface area contributed by atoms with Crippen LogP contribution in [-0.4, -0.2) is 60.6 Å². The maximum atomic E-state index is 11.8. The molecule has 0 saturated heterocycles. The van der Waals surface area contributed by atoms with Gasteiger partial charge >= 0.3 is 17.8 Å². The van der Waals surface area contributed by atoms with Crippen molar-refractivity contribution in [2.75, 3.05) is 37.0 Å². The van der Waals surface area contributed by atoms with Crippen LogP contribution < -0.4 is 30.7 Å². The normalized spacial score (nSPS) is 15.8. The van der Waals surface area contributed by atoms with Gasteiger partial charge in [0.25, 0.3) is 0 Å². The second-order valence-electron chi connectivity index (χ2n) is 11.2. The number of benzene rings is 2. The summed E-state index contributed by atoms with van der Waals surface area (Å²) >= 11 is 0. The number of alkyl carbamates (subject to hydrolysis) is 1. The summed E-state index contributed by atoms with van der Waals surface area (Å²) in [4.78, 5) is 39.1. The summed E-state index contributed by atoms with van der Waals surface area (Å²) in [5, 5.41) is 23.6. The lowest BCUT2D eigenvalue weighted by Gasteiger charge is -2.29. The zero-order valence-electron chi connectivity index (χ0n) is 26.3. The molecule has 4 N–H and O–H groups in total. The summed E-state index contributed by atoms with van der Waals surface area (Å²) in [6, 6.07) is 14.1. The lowest BCUT2D eigenvalue weighted by atomic mass is 10.1. The molecule has 14 nitrogen and oxygen atoms in total. The molecule has 0 bridgehead atoms. The number of hydrogen-bond acceptors (Lipinski definition) is 12. The molecule has 45 heavy (non-hydrogen) atoms. The van der Waals surface area contributed by atoms with Crippen molar-refractivity contribution in [3.63, 3.8) is 0 Å². The van der Waals surface area contributed by atoms with Crippen LogP contribution in [0.5, 0.6) is 11.5 Å². The smallest absolute Gasteiger partial charge is 0.407 e. The number of esters is 1. The van der Waals surface area contributed by atoms with E-state index in [9.17, 15) is 19.7 Å². The number of hydrogen-bond donors (Lipinski definition) is 4. The number of guanidine groups is 1. The van der Waals surface area contributed by atoms with E-state index in [1.54, 1.807) is 83.1 Å². The monoisotopic (exact) mass is 626 g/mol. The Balaban J connectivity index is 1.52. The zero-order valence-corrected chi connectivity index (χ0v) is 26.3. The van der Waals surface area contributed by atoms with Crippen molar-refractivity contribution in [2.45, 2.75) is 65.1 Å². The number of aliphatic imine (C=N–C) groups is 1. The topological polar surface area (TPSA) is 175 Å². The summed E-state index contributed by atoms with van der Waals surface area (Å²) in [5.41, 5.74) is -0.832. The Kier molecular flexibility index (Phi) is 12.4. The van der Waals surface area contributed by atoms with Crippen molar-refractivity contribution in [3.8, 4) is 11.5 Å². The van der Waals surface area contributed by atoms with Gasteiger partial charge in [0, 0.05) is 24.3 Å². The van der Waals surface area contributed by atoms with E-state index < -0.39 is 22.3 Å². The minimum absolute atomic E-state index is 0.169. The highest BCUT2D eigenvalue weighted by Crippen LogP contribution is 2.28. The van der Waals surface area contributed by atoms with Crippen molar-refractivity contribution >= 4 is 29.4 Å². The lowest BCUT2D eigenvalue weighted by Crippen LogP contribution is -2.46. The molecule has 0 aliphatic carbocycles. The van der Waals surface area contributed by atoms with Crippen LogP contribution >= 0.6 is 0 Å². The third-order valence-corrected chi connectivity index (χ3v) is 6.09. The number of carbonyl (C=O) groups is 2. The standard InChI is InChI=1S/C31H42N6O8/c1-6-42-27(38)9-7-19-43-25-16-12-23(13-17-25)35-31(5)26(37(40)41)21-33-28(36-31)34-22-10-14-24(15-11-22)44-20-8-18-32-29(39)45-30(2,3)4/h10-17,21,35H,6-9,18-20H2,1-5H3,(H,32,39)(H2,33,34,36). The Morgan fingerprint density at radius 3 is 2.16 bits per heavy atom. The average Bonchev–Trinajstić information content (AvgIpc) is 2.96. The molecule has 1 unspecified atom stereocenters. The molecule has 3 rings (SSSR count). The number of nitrogens with zero attached hydrogens (tertiary/aromatic N) is 2. The van der Waals surface area contributed by atoms with Crippen LogP contribution in [0.3, 0.4) is 0 Å². The Morgan fingerprint density at radius 1 is 0.978 bits per heavy atom. The first-order valence-corrected chi connectivity index (χ1v) is 14.7. The second kappa shape index (κ2) is 16.2. The number of nitro groups is 1. The first kappa shape index (κ1) is 34.5. The number of amides is 1. The molecular formula is C31H42N6O8. The number of ether oxygens (including phenoxy) is 4. The molecular weight excluding hydrogens is 584 g/mol. The van der Waals surface area contributed by atoms with Crippen LogP contribution in [0.4, 0.5) is 16.2 Å². The highest BCUT2D eigenvalue weighted by atomic mass is 16.6. The van der Waals surface area contributed by atoms with Gasteiger partial charge in [-0.1, -0.05) is 0 Å². The van der Waals surface area contributed by atoms with E-state index in [0.29, 0.717) is 68.0 Å². The molecule has 1 amide bonds. The van der Waals surface area contributed by atoms with Crippen LogP contribution in [0.2, 0.25) is 0 Å². The van der Waals surface area contributed by atoms with Gasteiger partial charge in [0.15, 0.2) is 0 Å². The molecule has 0 aromatic heterocycles. The van der Waals surface area contributed by atoms with E-state index in [4.69, 9.17) is 18.9 Å². The van der Waals surface area contributed by atoms with Gasteiger partial charge in [-0.3, -0.25) is 14.9 Å². The molecule has 1 atom stereocenters. The minimum Gasteiger partial charge on any atom is -0.494 e. The van der Waals surface area contributed by atoms with Gasteiger partial charge in [0.2, 0.25) is 11.6 Å². The summed E-state index contributed by atoms with van der Waals surface area (Å²) in [7, 11) is 0. The maximum absolute atomic E-state index is 11.8. The van der Waals surface area contributed by atoms with Gasteiger partial charge in [-0.15, -0.1) is 0 Å². The average molecular weight is 627 g/mol. The third-order valence-electron chi connectivity index (χ3n) is 6.09. The summed E-state index contributed by atoms with van der Waals surface area (Å²) < 4.78 is 21.5. The summed E-state index contributed by atoms with van der Waals surface area (Å²) in [5.74, 6) is 1.29. The zero-order chi connectivity index (χ0) is 32.9. The van der Waals surface area contributed by atoms with Gasteiger partial charge < -0.3 is 40.2 Å². The molecule has 1 aliphatic rings. The molecule has 0 spiro atoms. The van der Waals surface area contributed by atoms with E-state index in [1.807, 2.05) is 0 Å². The number of carbonyl (C=O) groups excluding carboxylic acids is 2. The van der Waals surface area contributed by atoms with E-state index in [1.165, 1.54) is 6.20 Å². The van der Waals surface area contributed by atoms with Crippen LogP contribution in [0.25, 0.3) is 0 Å². The Bertz CT molecular complexity index is 1360. The molecule has 0 radical (unpaired) electrons. The number of rotatable bonds is 15. The van der Waals surface area contributed by atoms with Crippen molar-refractivity contribution in [1.82, 2.24) is 10.6 Å². The predicted octanol–water partition coefficient (Wildman–Crippen LogP) is 5.02. The maximum Gasteiger partial charge on any atom is 0.407 e. The quantitative estimate of drug-likeness (QED) is 0.0904. The summed E-state index contributed by atoms with van der Waals surface area (Å²) in [6.45, 7) is 10.3.